The molecule has 2 aromatic carbocycles. The van der Waals surface area contributed by atoms with Gasteiger partial charge in [-0.2, -0.15) is 0 Å². The van der Waals surface area contributed by atoms with E-state index in [1.54, 1.807) is 31.4 Å². The first kappa shape index (κ1) is 22.0. The van der Waals surface area contributed by atoms with E-state index >= 15 is 0 Å². The summed E-state index contributed by atoms with van der Waals surface area (Å²) in [6.07, 6.45) is 0.714. The summed E-state index contributed by atoms with van der Waals surface area (Å²) in [5, 5.41) is 6.38. The summed E-state index contributed by atoms with van der Waals surface area (Å²) in [5.41, 5.74) is 2.03. The van der Waals surface area contributed by atoms with Crippen LogP contribution in [0.3, 0.4) is 0 Å². The first-order valence-corrected chi connectivity index (χ1v) is 9.43. The molecule has 0 atom stereocenters. The molecule has 8 heteroatoms. The molecule has 2 rings (SSSR count). The molecule has 0 heterocycles. The SMILES string of the molecule is COCCCNC(=O)c1cc(NC(=O)c2cc(Cl)cc(Cl)c2)ccc1N(C)C. The van der Waals surface area contributed by atoms with Crippen LogP contribution in [0.1, 0.15) is 27.1 Å². The van der Waals surface area contributed by atoms with Crippen molar-refractivity contribution in [3.63, 3.8) is 0 Å². The molecular formula is C20H23Cl2N3O3. The number of hydrogen-bond acceptors (Lipinski definition) is 4. The van der Waals surface area contributed by atoms with Gasteiger partial charge in [0.25, 0.3) is 11.8 Å². The van der Waals surface area contributed by atoms with Gasteiger partial charge in [-0.3, -0.25) is 9.59 Å². The third kappa shape index (κ3) is 6.12. The van der Waals surface area contributed by atoms with E-state index in [4.69, 9.17) is 27.9 Å². The smallest absolute Gasteiger partial charge is 0.255 e. The number of nitrogens with zero attached hydrogens (tertiary/aromatic N) is 1. The number of carbonyl (C=O) groups is 2. The van der Waals surface area contributed by atoms with E-state index < -0.39 is 0 Å². The van der Waals surface area contributed by atoms with Crippen molar-refractivity contribution < 1.29 is 14.3 Å². The maximum atomic E-state index is 12.6. The first-order chi connectivity index (χ1) is 13.3. The zero-order chi connectivity index (χ0) is 20.7. The normalized spacial score (nSPS) is 10.5. The van der Waals surface area contributed by atoms with Gasteiger partial charge in [0.1, 0.15) is 0 Å². The fourth-order valence-electron chi connectivity index (χ4n) is 2.59. The van der Waals surface area contributed by atoms with Crippen LogP contribution in [0.5, 0.6) is 0 Å². The van der Waals surface area contributed by atoms with Crippen LogP contribution in [-0.2, 0) is 4.74 Å². The van der Waals surface area contributed by atoms with Gasteiger partial charge in [-0.25, -0.2) is 0 Å². The molecule has 0 saturated heterocycles. The fraction of sp³-hybridized carbons (Fsp3) is 0.300. The van der Waals surface area contributed by atoms with Crippen molar-refractivity contribution in [2.45, 2.75) is 6.42 Å². The number of rotatable bonds is 8. The van der Waals surface area contributed by atoms with E-state index in [1.807, 2.05) is 19.0 Å². The van der Waals surface area contributed by atoms with E-state index in [-0.39, 0.29) is 11.8 Å². The number of anilines is 2. The number of nitrogens with one attached hydrogen (secondary N) is 2. The van der Waals surface area contributed by atoms with Crippen molar-refractivity contribution >= 4 is 46.4 Å². The lowest BCUT2D eigenvalue weighted by molar-refractivity contribution is 0.0947. The van der Waals surface area contributed by atoms with Crippen LogP contribution in [0.15, 0.2) is 36.4 Å². The summed E-state index contributed by atoms with van der Waals surface area (Å²) in [4.78, 5) is 27.0. The van der Waals surface area contributed by atoms with Gasteiger partial charge in [-0.05, 0) is 42.8 Å². The molecule has 2 N–H and O–H groups in total. The minimum absolute atomic E-state index is 0.221. The molecule has 28 heavy (non-hydrogen) atoms. The Hall–Kier alpha value is -2.28. The van der Waals surface area contributed by atoms with Crippen LogP contribution < -0.4 is 15.5 Å². The van der Waals surface area contributed by atoms with Crippen LogP contribution >= 0.6 is 23.2 Å². The Morgan fingerprint density at radius 3 is 2.32 bits per heavy atom. The predicted octanol–water partition coefficient (Wildman–Crippen LogP) is 4.08. The minimum atomic E-state index is -0.367. The standard InChI is InChI=1S/C20H23Cl2N3O3/c1-25(2)18-6-5-16(12-17(18)20(27)23-7-4-8-28-3)24-19(26)13-9-14(21)11-15(22)10-13/h5-6,9-12H,4,7-8H2,1-3H3,(H,23,27)(H,24,26). The maximum Gasteiger partial charge on any atom is 0.255 e. The van der Waals surface area contributed by atoms with Crippen LogP contribution in [0.2, 0.25) is 10.0 Å². The van der Waals surface area contributed by atoms with Crippen molar-refractivity contribution in [2.24, 2.45) is 0 Å². The van der Waals surface area contributed by atoms with Gasteiger partial charge in [0, 0.05) is 61.3 Å². The second kappa shape index (κ2) is 10.3. The maximum absolute atomic E-state index is 12.6. The molecule has 0 spiro atoms. The van der Waals surface area contributed by atoms with Crippen molar-refractivity contribution in [2.75, 3.05) is 44.6 Å². The first-order valence-electron chi connectivity index (χ1n) is 8.67. The van der Waals surface area contributed by atoms with Crippen molar-refractivity contribution in [1.29, 1.82) is 0 Å². The highest BCUT2D eigenvalue weighted by molar-refractivity contribution is 6.35. The molecule has 0 radical (unpaired) electrons. The van der Waals surface area contributed by atoms with Gasteiger partial charge in [0.05, 0.1) is 5.56 Å². The highest BCUT2D eigenvalue weighted by Gasteiger charge is 2.15. The number of benzene rings is 2. The number of halogens is 2. The molecule has 0 aliphatic carbocycles. The molecule has 0 unspecified atom stereocenters. The van der Waals surface area contributed by atoms with Crippen LogP contribution in [0, 0.1) is 0 Å². The van der Waals surface area contributed by atoms with Gasteiger partial charge in [-0.1, -0.05) is 23.2 Å². The minimum Gasteiger partial charge on any atom is -0.385 e. The lowest BCUT2D eigenvalue weighted by Crippen LogP contribution is -2.27. The number of amides is 2. The number of methoxy groups -OCH3 is 1. The second-order valence-corrected chi connectivity index (χ2v) is 7.21. The third-order valence-electron chi connectivity index (χ3n) is 3.92. The third-order valence-corrected chi connectivity index (χ3v) is 4.35. The number of hydrogen-bond donors (Lipinski definition) is 2. The lowest BCUT2D eigenvalue weighted by atomic mass is 10.1. The topological polar surface area (TPSA) is 70.7 Å². The van der Waals surface area contributed by atoms with E-state index in [0.29, 0.717) is 46.4 Å². The monoisotopic (exact) mass is 423 g/mol. The average Bonchev–Trinajstić information content (AvgIpc) is 2.64. The lowest BCUT2D eigenvalue weighted by Gasteiger charge is -2.18. The molecule has 2 amide bonds. The number of carbonyl (C=O) groups excluding carboxylic acids is 2. The Morgan fingerprint density at radius 2 is 1.71 bits per heavy atom. The summed E-state index contributed by atoms with van der Waals surface area (Å²) in [6, 6.07) is 9.77. The van der Waals surface area contributed by atoms with Crippen LogP contribution in [0.4, 0.5) is 11.4 Å². The highest BCUT2D eigenvalue weighted by Crippen LogP contribution is 2.24. The molecule has 0 aromatic heterocycles. The summed E-state index contributed by atoms with van der Waals surface area (Å²) < 4.78 is 4.99. The summed E-state index contributed by atoms with van der Waals surface area (Å²) in [7, 11) is 5.32. The molecular weight excluding hydrogens is 401 g/mol. The van der Waals surface area contributed by atoms with Crippen molar-refractivity contribution in [3.8, 4) is 0 Å². The summed E-state index contributed by atoms with van der Waals surface area (Å²) >= 11 is 11.9. The molecule has 0 bridgehead atoms. The molecule has 2 aromatic rings. The van der Waals surface area contributed by atoms with Gasteiger partial charge < -0.3 is 20.3 Å². The van der Waals surface area contributed by atoms with Crippen LogP contribution in [0.25, 0.3) is 0 Å². The van der Waals surface area contributed by atoms with Crippen molar-refractivity contribution in [3.05, 3.63) is 57.6 Å². The van der Waals surface area contributed by atoms with Gasteiger partial charge in [-0.15, -0.1) is 0 Å². The Morgan fingerprint density at radius 1 is 1.04 bits per heavy atom. The summed E-state index contributed by atoms with van der Waals surface area (Å²) in [6.45, 7) is 1.07. The molecule has 0 saturated carbocycles. The quantitative estimate of drug-likeness (QED) is 0.627. The molecule has 0 aliphatic heterocycles. The van der Waals surface area contributed by atoms with Gasteiger partial charge in [0.2, 0.25) is 0 Å². The Labute approximate surface area is 174 Å². The molecule has 6 nitrogen and oxygen atoms in total. The highest BCUT2D eigenvalue weighted by atomic mass is 35.5. The van der Waals surface area contributed by atoms with E-state index in [9.17, 15) is 9.59 Å². The van der Waals surface area contributed by atoms with E-state index in [1.165, 1.54) is 12.1 Å². The van der Waals surface area contributed by atoms with Crippen LogP contribution in [-0.4, -0.2) is 46.2 Å². The zero-order valence-electron chi connectivity index (χ0n) is 16.0. The molecule has 0 fully saturated rings. The Bertz CT molecular complexity index is 836. The predicted molar refractivity (Wildman–Crippen MR) is 114 cm³/mol. The fourth-order valence-corrected chi connectivity index (χ4v) is 3.11. The van der Waals surface area contributed by atoms with Gasteiger partial charge in [0.15, 0.2) is 0 Å². The molecule has 150 valence electrons. The van der Waals surface area contributed by atoms with E-state index in [2.05, 4.69) is 10.6 Å². The van der Waals surface area contributed by atoms with Gasteiger partial charge >= 0.3 is 0 Å². The molecule has 0 aliphatic rings. The Kier molecular flexibility index (Phi) is 8.11. The average molecular weight is 424 g/mol. The largest absolute Gasteiger partial charge is 0.385 e. The zero-order valence-corrected chi connectivity index (χ0v) is 17.5. The van der Waals surface area contributed by atoms with Crippen molar-refractivity contribution in [1.82, 2.24) is 5.32 Å². The second-order valence-electron chi connectivity index (χ2n) is 6.34. The Balaban J connectivity index is 2.21. The summed E-state index contributed by atoms with van der Waals surface area (Å²) in [5.74, 6) is -0.588. The van der Waals surface area contributed by atoms with E-state index in [0.717, 1.165) is 5.69 Å². The number of ether oxygens (including phenoxy) is 1.